The minimum atomic E-state index is -3.27. The molecular formula is C23H35N3O2S. The van der Waals surface area contributed by atoms with E-state index in [1.165, 1.54) is 31.4 Å². The molecular weight excluding hydrogens is 382 g/mol. The maximum Gasteiger partial charge on any atom is 0.215 e. The largest absolute Gasteiger partial charge is 0.332 e. The minimum absolute atomic E-state index is 0.114. The summed E-state index contributed by atoms with van der Waals surface area (Å²) in [6, 6.07) is 4.07. The van der Waals surface area contributed by atoms with Gasteiger partial charge in [-0.1, -0.05) is 40.0 Å². The van der Waals surface area contributed by atoms with Crippen LogP contribution in [0, 0.1) is 5.41 Å². The van der Waals surface area contributed by atoms with Crippen LogP contribution in [0.1, 0.15) is 95.9 Å². The zero-order valence-corrected chi connectivity index (χ0v) is 19.1. The van der Waals surface area contributed by atoms with E-state index in [0.717, 1.165) is 42.4 Å². The standard InChI is InChI=1S/C23H35N3O2S/c1-16(25-29(27,28)18-10-7-11-18)20-14-26(15-23(2,3)4)22-19(20)12-13-21(24-22)17-8-5-6-9-17/h12-14,16-18,25H,5-11,15H2,1-4H3/t16-/m1/s1. The van der Waals surface area contributed by atoms with Gasteiger partial charge in [0.25, 0.3) is 0 Å². The van der Waals surface area contributed by atoms with Crippen LogP contribution in [0.2, 0.25) is 0 Å². The van der Waals surface area contributed by atoms with Gasteiger partial charge < -0.3 is 4.57 Å². The fourth-order valence-electron chi connectivity index (χ4n) is 4.72. The van der Waals surface area contributed by atoms with Crippen molar-refractivity contribution < 1.29 is 8.42 Å². The topological polar surface area (TPSA) is 64.0 Å². The number of hydrogen-bond donors (Lipinski definition) is 1. The average molecular weight is 418 g/mol. The molecule has 6 heteroatoms. The second-order valence-corrected chi connectivity index (χ2v) is 12.3. The Balaban J connectivity index is 1.71. The number of fused-ring (bicyclic) bond motifs is 1. The van der Waals surface area contributed by atoms with Gasteiger partial charge in [0, 0.05) is 35.8 Å². The molecule has 0 radical (unpaired) electrons. The summed E-state index contributed by atoms with van der Waals surface area (Å²) >= 11 is 0. The molecule has 0 bridgehead atoms. The second kappa shape index (κ2) is 7.69. The lowest BCUT2D eigenvalue weighted by molar-refractivity contribution is 0.348. The summed E-state index contributed by atoms with van der Waals surface area (Å²) in [7, 11) is -3.27. The number of nitrogens with zero attached hydrogens (tertiary/aromatic N) is 2. The van der Waals surface area contributed by atoms with Crippen LogP contribution in [-0.2, 0) is 16.6 Å². The first-order valence-corrected chi connectivity index (χ1v) is 12.7. The first-order chi connectivity index (χ1) is 13.6. The summed E-state index contributed by atoms with van der Waals surface area (Å²) in [6.45, 7) is 9.48. The van der Waals surface area contributed by atoms with E-state index in [9.17, 15) is 8.42 Å². The number of aromatic nitrogens is 2. The van der Waals surface area contributed by atoms with Crippen LogP contribution in [0.4, 0.5) is 0 Å². The Hall–Kier alpha value is -1.40. The summed E-state index contributed by atoms with van der Waals surface area (Å²) in [5, 5.41) is 0.847. The van der Waals surface area contributed by atoms with Crippen molar-refractivity contribution in [1.29, 1.82) is 0 Å². The lowest BCUT2D eigenvalue weighted by Gasteiger charge is -2.27. The molecule has 2 aliphatic rings. The lowest BCUT2D eigenvalue weighted by Crippen LogP contribution is -2.39. The summed E-state index contributed by atoms with van der Waals surface area (Å²) in [5.74, 6) is 0.565. The average Bonchev–Trinajstić information content (AvgIpc) is 3.19. The third-order valence-electron chi connectivity index (χ3n) is 6.49. The van der Waals surface area contributed by atoms with Crippen LogP contribution >= 0.6 is 0 Å². The van der Waals surface area contributed by atoms with E-state index in [1.807, 2.05) is 6.92 Å². The lowest BCUT2D eigenvalue weighted by atomic mass is 9.97. The molecule has 29 heavy (non-hydrogen) atoms. The summed E-state index contributed by atoms with van der Waals surface area (Å²) in [5.41, 5.74) is 3.33. The molecule has 2 aromatic heterocycles. The molecule has 0 spiro atoms. The number of rotatable bonds is 6. The van der Waals surface area contributed by atoms with Crippen molar-refractivity contribution in [3.8, 4) is 0 Å². The minimum Gasteiger partial charge on any atom is -0.332 e. The van der Waals surface area contributed by atoms with Gasteiger partial charge in [-0.3, -0.25) is 0 Å². The van der Waals surface area contributed by atoms with Crippen LogP contribution in [0.3, 0.4) is 0 Å². The fraction of sp³-hybridized carbons (Fsp3) is 0.696. The van der Waals surface area contributed by atoms with Gasteiger partial charge in [-0.05, 0) is 55.7 Å². The monoisotopic (exact) mass is 417 g/mol. The number of nitrogens with one attached hydrogen (secondary N) is 1. The highest BCUT2D eigenvalue weighted by atomic mass is 32.2. The van der Waals surface area contributed by atoms with Crippen molar-refractivity contribution in [2.75, 3.05) is 0 Å². The molecule has 0 unspecified atom stereocenters. The van der Waals surface area contributed by atoms with Crippen molar-refractivity contribution in [2.45, 2.75) is 96.4 Å². The molecule has 2 aliphatic carbocycles. The van der Waals surface area contributed by atoms with Crippen LogP contribution < -0.4 is 4.72 Å². The number of hydrogen-bond acceptors (Lipinski definition) is 3. The molecule has 5 nitrogen and oxygen atoms in total. The van der Waals surface area contributed by atoms with Gasteiger partial charge in [0.1, 0.15) is 5.65 Å². The first-order valence-electron chi connectivity index (χ1n) is 11.1. The highest BCUT2D eigenvalue weighted by Crippen LogP contribution is 2.36. The second-order valence-electron chi connectivity index (χ2n) is 10.3. The van der Waals surface area contributed by atoms with E-state index in [0.29, 0.717) is 5.92 Å². The molecule has 2 fully saturated rings. The smallest absolute Gasteiger partial charge is 0.215 e. The molecule has 4 rings (SSSR count). The fourth-order valence-corrected chi connectivity index (χ4v) is 6.48. The summed E-state index contributed by atoms with van der Waals surface area (Å²) in [4.78, 5) is 5.09. The number of sulfonamides is 1. The maximum absolute atomic E-state index is 12.7. The normalized spacial score (nSPS) is 20.3. The van der Waals surface area contributed by atoms with Gasteiger partial charge >= 0.3 is 0 Å². The van der Waals surface area contributed by atoms with Crippen molar-refractivity contribution in [1.82, 2.24) is 14.3 Å². The summed E-state index contributed by atoms with van der Waals surface area (Å²) in [6.07, 6.45) is 9.72. The zero-order valence-electron chi connectivity index (χ0n) is 18.2. The molecule has 1 atom stereocenters. The van der Waals surface area contributed by atoms with Gasteiger partial charge in [-0.2, -0.15) is 0 Å². The van der Waals surface area contributed by atoms with E-state index in [4.69, 9.17) is 4.98 Å². The highest BCUT2D eigenvalue weighted by molar-refractivity contribution is 7.90. The third kappa shape index (κ3) is 4.38. The first kappa shape index (κ1) is 20.9. The van der Waals surface area contributed by atoms with Crippen molar-refractivity contribution in [3.05, 3.63) is 29.6 Å². The van der Waals surface area contributed by atoms with Gasteiger partial charge in [-0.25, -0.2) is 18.1 Å². The Labute approximate surface area is 175 Å². The van der Waals surface area contributed by atoms with Gasteiger partial charge in [0.15, 0.2) is 0 Å². The molecule has 0 aromatic carbocycles. The SMILES string of the molecule is C[C@@H](NS(=O)(=O)C1CCC1)c1cn(CC(C)(C)C)c2nc(C3CCCC3)ccc12. The van der Waals surface area contributed by atoms with E-state index >= 15 is 0 Å². The van der Waals surface area contributed by atoms with Gasteiger partial charge in [0.05, 0.1) is 5.25 Å². The van der Waals surface area contributed by atoms with E-state index < -0.39 is 10.0 Å². The van der Waals surface area contributed by atoms with E-state index in [-0.39, 0.29) is 16.7 Å². The van der Waals surface area contributed by atoms with Gasteiger partial charge in [0.2, 0.25) is 10.0 Å². The third-order valence-corrected chi connectivity index (χ3v) is 8.52. The van der Waals surface area contributed by atoms with E-state index in [2.05, 4.69) is 48.4 Å². The predicted octanol–water partition coefficient (Wildman–Crippen LogP) is 5.27. The van der Waals surface area contributed by atoms with Gasteiger partial charge in [-0.15, -0.1) is 0 Å². The predicted molar refractivity (Wildman–Crippen MR) is 119 cm³/mol. The Kier molecular flexibility index (Phi) is 5.53. The summed E-state index contributed by atoms with van der Waals surface area (Å²) < 4.78 is 30.5. The highest BCUT2D eigenvalue weighted by Gasteiger charge is 2.33. The molecule has 2 saturated carbocycles. The van der Waals surface area contributed by atoms with Crippen molar-refractivity contribution in [3.63, 3.8) is 0 Å². The quantitative estimate of drug-likeness (QED) is 0.696. The molecule has 2 aromatic rings. The Morgan fingerprint density at radius 1 is 1.14 bits per heavy atom. The molecule has 2 heterocycles. The van der Waals surface area contributed by atoms with Crippen LogP contribution in [0.25, 0.3) is 11.0 Å². The zero-order chi connectivity index (χ0) is 20.8. The molecule has 0 amide bonds. The Morgan fingerprint density at radius 2 is 1.83 bits per heavy atom. The molecule has 160 valence electrons. The van der Waals surface area contributed by atoms with Crippen LogP contribution in [0.15, 0.2) is 18.3 Å². The van der Waals surface area contributed by atoms with Crippen molar-refractivity contribution in [2.24, 2.45) is 5.41 Å². The number of pyridine rings is 1. The Morgan fingerprint density at radius 3 is 2.41 bits per heavy atom. The van der Waals surface area contributed by atoms with E-state index in [1.54, 1.807) is 0 Å². The van der Waals surface area contributed by atoms with Crippen molar-refractivity contribution >= 4 is 21.1 Å². The molecule has 1 N–H and O–H groups in total. The maximum atomic E-state index is 12.7. The molecule has 0 aliphatic heterocycles. The van der Waals surface area contributed by atoms with Crippen LogP contribution in [-0.4, -0.2) is 23.2 Å². The molecule has 0 saturated heterocycles. The van der Waals surface area contributed by atoms with Crippen LogP contribution in [0.5, 0.6) is 0 Å². The Bertz CT molecular complexity index is 977.